The second-order valence-corrected chi connectivity index (χ2v) is 32.1. The fraction of sp³-hybridized carbons (Fsp3) is 0.310. The molecule has 0 radical (unpaired) electrons. The number of fused-ring (bicyclic) bond motifs is 12. The first-order valence-corrected chi connectivity index (χ1v) is 31.2. The molecule has 0 amide bonds. The third kappa shape index (κ3) is 7.28. The van der Waals surface area contributed by atoms with Gasteiger partial charge in [-0.3, -0.25) is 18.8 Å². The summed E-state index contributed by atoms with van der Waals surface area (Å²) >= 11 is 0. The lowest BCUT2D eigenvalue weighted by atomic mass is 9.87. The summed E-state index contributed by atoms with van der Waals surface area (Å²) in [5.41, 5.74) is 16.0. The third-order valence-corrected chi connectivity index (χ3v) is 17.9. The maximum Gasteiger partial charge on any atom is 0.147 e. The fourth-order valence-corrected chi connectivity index (χ4v) is 13.9. The molecule has 0 bridgehead atoms. The molecule has 0 unspecified atom stereocenters. The third-order valence-electron chi connectivity index (χ3n) is 13.9. The van der Waals surface area contributed by atoms with Gasteiger partial charge in [0, 0.05) is 32.7 Å². The lowest BCUT2D eigenvalue weighted by molar-refractivity contribution is 0.480. The number of hydrogen-bond acceptors (Lipinski definition) is 5. The molecule has 0 aliphatic rings. The van der Waals surface area contributed by atoms with Crippen molar-refractivity contribution in [3.63, 3.8) is 0 Å². The highest BCUT2D eigenvalue weighted by Crippen LogP contribution is 2.43. The summed E-state index contributed by atoms with van der Waals surface area (Å²) in [6.45, 7) is 32.8. The molecule has 0 saturated heterocycles. The van der Waals surface area contributed by atoms with Crippen molar-refractivity contribution in [2.45, 2.75) is 118 Å². The summed E-state index contributed by atoms with van der Waals surface area (Å²) < 4.78 is 11.7. The lowest BCUT2D eigenvalue weighted by Gasteiger charge is -2.23. The molecule has 0 spiro atoms. The molecule has 4 aromatic carbocycles. The van der Waals surface area contributed by atoms with Gasteiger partial charge in [-0.15, -0.1) is 0 Å². The van der Waals surface area contributed by atoms with E-state index >= 15 is 0 Å². The SMILES string of the molecule is CC(C)c1cccc(C(C)C)c1-c1cnc2c3cc(Oc4cnc5c(c4)c4ncc(-c6c(C(C)C)cccc6C(C)C)n4c4cccc([Si](C)(C)C)c54)cnc3c3c([Si](C)(C)C)cccc3n12. The monoisotopic (exact) mass is 916 g/mol. The van der Waals surface area contributed by atoms with Gasteiger partial charge in [0.25, 0.3) is 0 Å². The van der Waals surface area contributed by atoms with Gasteiger partial charge < -0.3 is 4.74 Å². The molecule has 9 heteroatoms. The zero-order valence-corrected chi connectivity index (χ0v) is 43.8. The Kier molecular flexibility index (Phi) is 10.8. The topological polar surface area (TPSA) is 69.6 Å². The summed E-state index contributed by atoms with van der Waals surface area (Å²) in [4.78, 5) is 21.1. The van der Waals surface area contributed by atoms with E-state index < -0.39 is 16.1 Å². The van der Waals surface area contributed by atoms with Crippen LogP contribution >= 0.6 is 0 Å². The largest absolute Gasteiger partial charge is 0.454 e. The van der Waals surface area contributed by atoms with Crippen LogP contribution in [-0.2, 0) is 0 Å². The van der Waals surface area contributed by atoms with Crippen LogP contribution in [0.3, 0.4) is 0 Å². The summed E-state index contributed by atoms with van der Waals surface area (Å²) in [6.07, 6.45) is 7.91. The van der Waals surface area contributed by atoms with Crippen LogP contribution in [0.1, 0.15) is 101 Å². The summed E-state index contributed by atoms with van der Waals surface area (Å²) in [5.74, 6) is 2.61. The number of pyridine rings is 4. The van der Waals surface area contributed by atoms with E-state index in [1.165, 1.54) is 54.5 Å². The molecule has 10 rings (SSSR count). The minimum Gasteiger partial charge on any atom is -0.454 e. The van der Waals surface area contributed by atoms with E-state index in [-0.39, 0.29) is 0 Å². The van der Waals surface area contributed by atoms with Crippen molar-refractivity contribution in [3.05, 3.63) is 132 Å². The number of nitrogens with zero attached hydrogens (tertiary/aromatic N) is 6. The van der Waals surface area contributed by atoms with Gasteiger partial charge in [-0.25, -0.2) is 9.97 Å². The van der Waals surface area contributed by atoms with Gasteiger partial charge in [0.1, 0.15) is 22.8 Å². The maximum atomic E-state index is 6.92. The molecule has 340 valence electrons. The van der Waals surface area contributed by atoms with Crippen LogP contribution in [0.15, 0.2) is 110 Å². The zero-order valence-electron chi connectivity index (χ0n) is 41.8. The molecule has 10 aromatic rings. The molecule has 0 saturated carbocycles. The molecule has 0 fully saturated rings. The molecule has 6 heterocycles. The molecular formula is C58H64N6OSi2. The van der Waals surface area contributed by atoms with Gasteiger partial charge in [-0.2, -0.15) is 0 Å². The molecule has 67 heavy (non-hydrogen) atoms. The number of ether oxygens (including phenoxy) is 1. The summed E-state index contributed by atoms with van der Waals surface area (Å²) in [5, 5.41) is 7.05. The standard InChI is InChI=1S/C58H64N6OSi2/c1-33(2)39-19-15-20-40(34(3)4)51(39)47-31-61-57-43-27-37(29-59-55(43)53-45(63(47)57)23-17-25-49(53)66(9,10)11)65-38-28-44-56(60-30-38)54-46(24-18-26-50(54)67(12,13)14)64-48(32-62-58(44)64)52-41(35(5)6)21-16-22-42(52)36(7)8/h15-36H,1-14H3. The Bertz CT molecular complexity index is 3310. The maximum absolute atomic E-state index is 6.92. The Morgan fingerprint density at radius 1 is 0.433 bits per heavy atom. The molecule has 7 nitrogen and oxygen atoms in total. The highest BCUT2D eigenvalue weighted by Gasteiger charge is 2.29. The highest BCUT2D eigenvalue weighted by molar-refractivity contribution is 6.91. The predicted molar refractivity (Wildman–Crippen MR) is 289 cm³/mol. The van der Waals surface area contributed by atoms with Gasteiger partial charge in [-0.05, 0) is 80.6 Å². The van der Waals surface area contributed by atoms with Crippen molar-refractivity contribution >= 4 is 81.4 Å². The summed E-state index contributed by atoms with van der Waals surface area (Å²) in [6, 6.07) is 31.4. The Hall–Kier alpha value is -6.17. The van der Waals surface area contributed by atoms with E-state index in [0.29, 0.717) is 35.2 Å². The predicted octanol–water partition coefficient (Wildman–Crippen LogP) is 15.1. The molecule has 0 aliphatic carbocycles. The first-order valence-electron chi connectivity index (χ1n) is 24.2. The average molecular weight is 917 g/mol. The molecule has 0 N–H and O–H groups in total. The van der Waals surface area contributed by atoms with E-state index in [1.54, 1.807) is 0 Å². The van der Waals surface area contributed by atoms with E-state index in [9.17, 15) is 0 Å². The zero-order chi connectivity index (χ0) is 47.4. The molecule has 0 aliphatic heterocycles. The van der Waals surface area contributed by atoms with Crippen molar-refractivity contribution < 1.29 is 4.74 Å². The van der Waals surface area contributed by atoms with E-state index in [0.717, 1.165) is 55.5 Å². The minimum atomic E-state index is -1.85. The quantitative estimate of drug-likeness (QED) is 0.101. The number of aromatic nitrogens is 6. The van der Waals surface area contributed by atoms with Crippen LogP contribution < -0.4 is 15.1 Å². The number of rotatable bonds is 10. The molecule has 0 atom stereocenters. The van der Waals surface area contributed by atoms with Gasteiger partial charge in [-0.1, -0.05) is 155 Å². The van der Waals surface area contributed by atoms with Gasteiger partial charge in [0.2, 0.25) is 0 Å². The number of imidazole rings is 2. The second-order valence-electron chi connectivity index (χ2n) is 22.0. The van der Waals surface area contributed by atoms with Crippen LogP contribution in [0, 0.1) is 0 Å². The fourth-order valence-electron chi connectivity index (χ4n) is 10.7. The van der Waals surface area contributed by atoms with Crippen molar-refractivity contribution in [1.82, 2.24) is 28.7 Å². The highest BCUT2D eigenvalue weighted by atomic mass is 28.3. The van der Waals surface area contributed by atoms with Crippen molar-refractivity contribution in [3.8, 4) is 34.0 Å². The average Bonchev–Trinajstić information content (AvgIpc) is 3.94. The first kappa shape index (κ1) is 44.7. The normalized spacial score (nSPS) is 12.9. The van der Waals surface area contributed by atoms with Crippen LogP contribution in [-0.4, -0.2) is 44.9 Å². The van der Waals surface area contributed by atoms with Gasteiger partial charge >= 0.3 is 0 Å². The van der Waals surface area contributed by atoms with Crippen LogP contribution in [0.2, 0.25) is 39.3 Å². The van der Waals surface area contributed by atoms with Crippen molar-refractivity contribution in [2.24, 2.45) is 0 Å². The lowest BCUT2D eigenvalue weighted by Crippen LogP contribution is -2.38. The smallest absolute Gasteiger partial charge is 0.147 e. The molecular weight excluding hydrogens is 853 g/mol. The Balaban J connectivity index is 1.22. The Morgan fingerprint density at radius 3 is 1.10 bits per heavy atom. The van der Waals surface area contributed by atoms with Gasteiger partial charge in [0.15, 0.2) is 0 Å². The van der Waals surface area contributed by atoms with Crippen LogP contribution in [0.5, 0.6) is 11.5 Å². The first-order chi connectivity index (χ1) is 31.8. The van der Waals surface area contributed by atoms with E-state index in [4.69, 9.17) is 24.7 Å². The Morgan fingerprint density at radius 2 is 0.776 bits per heavy atom. The van der Waals surface area contributed by atoms with E-state index in [2.05, 4.69) is 201 Å². The van der Waals surface area contributed by atoms with Crippen LogP contribution in [0.4, 0.5) is 0 Å². The summed E-state index contributed by atoms with van der Waals surface area (Å²) in [7, 11) is -3.70. The molecule has 6 aromatic heterocycles. The van der Waals surface area contributed by atoms with Gasteiger partial charge in [0.05, 0.1) is 74.4 Å². The second kappa shape index (κ2) is 16.3. The van der Waals surface area contributed by atoms with Crippen LogP contribution in [0.25, 0.3) is 77.4 Å². The number of benzene rings is 4. The minimum absolute atomic E-state index is 0.337. The van der Waals surface area contributed by atoms with Crippen molar-refractivity contribution in [2.75, 3.05) is 0 Å². The van der Waals surface area contributed by atoms with Crippen molar-refractivity contribution in [1.29, 1.82) is 0 Å². The Labute approximate surface area is 397 Å². The van der Waals surface area contributed by atoms with E-state index in [1.807, 2.05) is 12.4 Å². The number of hydrogen-bond donors (Lipinski definition) is 0.